The summed E-state index contributed by atoms with van der Waals surface area (Å²) in [5.74, 6) is -0.752. The molecule has 1 aromatic rings. The van der Waals surface area contributed by atoms with Crippen molar-refractivity contribution < 1.29 is 28.9 Å². The van der Waals surface area contributed by atoms with E-state index < -0.39 is 11.9 Å². The summed E-state index contributed by atoms with van der Waals surface area (Å²) in [6.45, 7) is 3.24. The van der Waals surface area contributed by atoms with E-state index in [0.29, 0.717) is 17.1 Å². The van der Waals surface area contributed by atoms with Crippen LogP contribution in [0.3, 0.4) is 0 Å². The first-order chi connectivity index (χ1) is 9.92. The highest BCUT2D eigenvalue weighted by molar-refractivity contribution is 5.85. The molecule has 0 atom stereocenters. The van der Waals surface area contributed by atoms with Crippen LogP contribution in [0.4, 0.5) is 0 Å². The van der Waals surface area contributed by atoms with Gasteiger partial charge in [-0.25, -0.2) is 9.59 Å². The standard InChI is InChI=1S/C15H18O6/c1-10(2)21-15(18)9-20-13-8-11(5-7-14(16)17)4-6-12(13)19-3/h4-8,10H,9H2,1-3H3,(H,16,17). The third-order valence-electron chi connectivity index (χ3n) is 2.32. The molecule has 21 heavy (non-hydrogen) atoms. The quantitative estimate of drug-likeness (QED) is 0.612. The van der Waals surface area contributed by atoms with Gasteiger partial charge in [0.25, 0.3) is 0 Å². The number of carbonyl (C=O) groups excluding carboxylic acids is 1. The van der Waals surface area contributed by atoms with Crippen molar-refractivity contribution in [3.8, 4) is 11.5 Å². The van der Waals surface area contributed by atoms with E-state index in [9.17, 15) is 9.59 Å². The van der Waals surface area contributed by atoms with Crippen LogP contribution in [-0.4, -0.2) is 36.9 Å². The number of rotatable bonds is 7. The normalized spacial score (nSPS) is 10.7. The molecule has 1 rings (SSSR count). The van der Waals surface area contributed by atoms with E-state index in [2.05, 4.69) is 0 Å². The Balaban J connectivity index is 2.80. The minimum absolute atomic E-state index is 0.215. The van der Waals surface area contributed by atoms with Crippen LogP contribution in [0.2, 0.25) is 0 Å². The summed E-state index contributed by atoms with van der Waals surface area (Å²) in [6.07, 6.45) is 2.22. The van der Waals surface area contributed by atoms with Gasteiger partial charge in [0, 0.05) is 6.08 Å². The smallest absolute Gasteiger partial charge is 0.344 e. The summed E-state index contributed by atoms with van der Waals surface area (Å²) in [4.78, 5) is 21.9. The molecule has 114 valence electrons. The van der Waals surface area contributed by atoms with Gasteiger partial charge in [0.05, 0.1) is 13.2 Å². The molecule has 0 heterocycles. The number of benzene rings is 1. The molecule has 0 aliphatic rings. The molecule has 0 spiro atoms. The molecule has 0 radical (unpaired) electrons. The van der Waals surface area contributed by atoms with Crippen molar-refractivity contribution in [1.29, 1.82) is 0 Å². The number of carboxylic acid groups (broad SMARTS) is 1. The average Bonchev–Trinajstić information content (AvgIpc) is 2.42. The summed E-state index contributed by atoms with van der Waals surface area (Å²) in [5, 5.41) is 8.60. The van der Waals surface area contributed by atoms with Crippen molar-refractivity contribution in [2.45, 2.75) is 20.0 Å². The number of hydrogen-bond acceptors (Lipinski definition) is 5. The lowest BCUT2D eigenvalue weighted by molar-refractivity contribution is -0.149. The fourth-order valence-corrected chi connectivity index (χ4v) is 1.51. The summed E-state index contributed by atoms with van der Waals surface area (Å²) < 4.78 is 15.4. The van der Waals surface area contributed by atoms with Crippen LogP contribution in [0.5, 0.6) is 11.5 Å². The van der Waals surface area contributed by atoms with Gasteiger partial charge in [0.15, 0.2) is 18.1 Å². The molecule has 0 aliphatic heterocycles. The van der Waals surface area contributed by atoms with Crippen molar-refractivity contribution >= 4 is 18.0 Å². The number of carbonyl (C=O) groups is 2. The van der Waals surface area contributed by atoms with E-state index in [4.69, 9.17) is 19.3 Å². The number of hydrogen-bond donors (Lipinski definition) is 1. The van der Waals surface area contributed by atoms with E-state index in [1.54, 1.807) is 32.0 Å². The zero-order chi connectivity index (χ0) is 15.8. The Labute approximate surface area is 122 Å². The van der Waals surface area contributed by atoms with Crippen molar-refractivity contribution in [3.63, 3.8) is 0 Å². The second kappa shape index (κ2) is 7.94. The van der Waals surface area contributed by atoms with Gasteiger partial charge in [-0.15, -0.1) is 0 Å². The minimum atomic E-state index is -1.05. The first kappa shape index (κ1) is 16.6. The second-order valence-corrected chi connectivity index (χ2v) is 4.41. The van der Waals surface area contributed by atoms with Crippen LogP contribution in [0.1, 0.15) is 19.4 Å². The lowest BCUT2D eigenvalue weighted by atomic mass is 10.2. The molecule has 0 aliphatic carbocycles. The van der Waals surface area contributed by atoms with Crippen LogP contribution < -0.4 is 9.47 Å². The van der Waals surface area contributed by atoms with Crippen molar-refractivity contribution in [3.05, 3.63) is 29.8 Å². The molecule has 0 unspecified atom stereocenters. The third-order valence-corrected chi connectivity index (χ3v) is 2.32. The molecule has 0 fully saturated rings. The van der Waals surface area contributed by atoms with E-state index in [0.717, 1.165) is 6.08 Å². The number of methoxy groups -OCH3 is 1. The van der Waals surface area contributed by atoms with Crippen LogP contribution in [0, 0.1) is 0 Å². The summed E-state index contributed by atoms with van der Waals surface area (Å²) >= 11 is 0. The zero-order valence-corrected chi connectivity index (χ0v) is 12.2. The second-order valence-electron chi connectivity index (χ2n) is 4.41. The van der Waals surface area contributed by atoms with Crippen LogP contribution in [0.25, 0.3) is 6.08 Å². The molecule has 1 aromatic carbocycles. The van der Waals surface area contributed by atoms with Gasteiger partial charge in [-0.2, -0.15) is 0 Å². The highest BCUT2D eigenvalue weighted by Crippen LogP contribution is 2.28. The molecular formula is C15H18O6. The Morgan fingerprint density at radius 1 is 1.29 bits per heavy atom. The maximum absolute atomic E-state index is 11.4. The average molecular weight is 294 g/mol. The fraction of sp³-hybridized carbons (Fsp3) is 0.333. The molecule has 0 saturated heterocycles. The van der Waals surface area contributed by atoms with E-state index in [-0.39, 0.29) is 12.7 Å². The number of aliphatic carboxylic acids is 1. The number of ether oxygens (including phenoxy) is 3. The van der Waals surface area contributed by atoms with Crippen LogP contribution >= 0.6 is 0 Å². The minimum Gasteiger partial charge on any atom is -0.493 e. The first-order valence-corrected chi connectivity index (χ1v) is 6.33. The maximum atomic E-state index is 11.4. The zero-order valence-electron chi connectivity index (χ0n) is 12.2. The Morgan fingerprint density at radius 2 is 2.00 bits per heavy atom. The molecule has 1 N–H and O–H groups in total. The van der Waals surface area contributed by atoms with E-state index in [1.165, 1.54) is 13.2 Å². The van der Waals surface area contributed by atoms with Crippen molar-refractivity contribution in [1.82, 2.24) is 0 Å². The van der Waals surface area contributed by atoms with E-state index >= 15 is 0 Å². The molecule has 6 nitrogen and oxygen atoms in total. The SMILES string of the molecule is COc1ccc(C=CC(=O)O)cc1OCC(=O)OC(C)C. The Bertz CT molecular complexity index is 533. The number of carboxylic acids is 1. The Kier molecular flexibility index (Phi) is 6.26. The molecule has 0 amide bonds. The molecule has 0 bridgehead atoms. The Hall–Kier alpha value is -2.50. The van der Waals surface area contributed by atoms with Gasteiger partial charge in [0.2, 0.25) is 0 Å². The van der Waals surface area contributed by atoms with Crippen LogP contribution in [-0.2, 0) is 14.3 Å². The maximum Gasteiger partial charge on any atom is 0.344 e. The summed E-state index contributed by atoms with van der Waals surface area (Å²) in [7, 11) is 1.47. The highest BCUT2D eigenvalue weighted by atomic mass is 16.6. The predicted molar refractivity (Wildman–Crippen MR) is 76.4 cm³/mol. The summed E-state index contributed by atoms with van der Waals surface area (Å²) in [6, 6.07) is 4.89. The van der Waals surface area contributed by atoms with Gasteiger partial charge in [0.1, 0.15) is 0 Å². The van der Waals surface area contributed by atoms with E-state index in [1.807, 2.05) is 0 Å². The first-order valence-electron chi connectivity index (χ1n) is 6.33. The van der Waals surface area contributed by atoms with Gasteiger partial charge in [-0.05, 0) is 37.6 Å². The largest absolute Gasteiger partial charge is 0.493 e. The molecule has 6 heteroatoms. The number of esters is 1. The monoisotopic (exact) mass is 294 g/mol. The highest BCUT2D eigenvalue weighted by Gasteiger charge is 2.10. The Morgan fingerprint density at radius 3 is 2.57 bits per heavy atom. The molecular weight excluding hydrogens is 276 g/mol. The predicted octanol–water partition coefficient (Wildman–Crippen LogP) is 2.12. The third kappa shape index (κ3) is 5.99. The topological polar surface area (TPSA) is 82.1 Å². The van der Waals surface area contributed by atoms with Gasteiger partial charge < -0.3 is 19.3 Å². The molecule has 0 aromatic heterocycles. The molecule has 0 saturated carbocycles. The van der Waals surface area contributed by atoms with Gasteiger partial charge in [-0.1, -0.05) is 6.07 Å². The lowest BCUT2D eigenvalue weighted by Gasteiger charge is -2.12. The van der Waals surface area contributed by atoms with Crippen molar-refractivity contribution in [2.24, 2.45) is 0 Å². The summed E-state index contributed by atoms with van der Waals surface area (Å²) in [5.41, 5.74) is 0.616. The van der Waals surface area contributed by atoms with Crippen LogP contribution in [0.15, 0.2) is 24.3 Å². The van der Waals surface area contributed by atoms with Gasteiger partial charge >= 0.3 is 11.9 Å². The lowest BCUT2D eigenvalue weighted by Crippen LogP contribution is -2.18. The fourth-order valence-electron chi connectivity index (χ4n) is 1.51. The van der Waals surface area contributed by atoms with Gasteiger partial charge in [-0.3, -0.25) is 0 Å². The van der Waals surface area contributed by atoms with Crippen molar-refractivity contribution in [2.75, 3.05) is 13.7 Å².